The molecule has 0 amide bonds. The van der Waals surface area contributed by atoms with Gasteiger partial charge in [-0.25, -0.2) is 4.79 Å². The molecular formula is C19H24O5Si. The van der Waals surface area contributed by atoms with E-state index in [-0.39, 0.29) is 0 Å². The second-order valence-corrected chi connectivity index (χ2v) is 7.69. The van der Waals surface area contributed by atoms with Crippen molar-refractivity contribution in [2.45, 2.75) is 20.8 Å². The summed E-state index contributed by atoms with van der Waals surface area (Å²) in [5.74, 6) is 0.0706. The van der Waals surface area contributed by atoms with Gasteiger partial charge in [-0.3, -0.25) is 0 Å². The van der Waals surface area contributed by atoms with Crippen LogP contribution in [-0.2, 0) is 13.3 Å². The molecule has 0 radical (unpaired) electrons. The van der Waals surface area contributed by atoms with Crippen LogP contribution in [0.25, 0.3) is 0 Å². The van der Waals surface area contributed by atoms with E-state index < -0.39 is 14.8 Å². The molecule has 0 bridgehead atoms. The molecule has 25 heavy (non-hydrogen) atoms. The van der Waals surface area contributed by atoms with Crippen LogP contribution in [-0.4, -0.2) is 34.6 Å². The normalized spacial score (nSPS) is 11.3. The van der Waals surface area contributed by atoms with Crippen LogP contribution in [0.1, 0.15) is 31.1 Å². The molecule has 2 rings (SSSR count). The second-order valence-electron chi connectivity index (χ2n) is 5.14. The van der Waals surface area contributed by atoms with E-state index in [4.69, 9.17) is 18.0 Å². The molecule has 0 saturated carbocycles. The lowest BCUT2D eigenvalue weighted by atomic mass is 10.2. The molecule has 6 heteroatoms. The monoisotopic (exact) mass is 360 g/mol. The van der Waals surface area contributed by atoms with Crippen LogP contribution in [0.15, 0.2) is 54.6 Å². The summed E-state index contributed by atoms with van der Waals surface area (Å²) in [6.45, 7) is 7.23. The van der Waals surface area contributed by atoms with Crippen molar-refractivity contribution in [3.8, 4) is 5.75 Å². The predicted octanol–water partition coefficient (Wildman–Crippen LogP) is 3.16. The lowest BCUT2D eigenvalue weighted by Crippen LogP contribution is -2.56. The molecule has 0 N–H and O–H groups in total. The fourth-order valence-electron chi connectivity index (χ4n) is 2.41. The zero-order valence-corrected chi connectivity index (χ0v) is 15.9. The predicted molar refractivity (Wildman–Crippen MR) is 98.1 cm³/mol. The molecule has 5 nitrogen and oxygen atoms in total. The zero-order chi connectivity index (χ0) is 18.1. The molecule has 134 valence electrons. The number of hydrogen-bond donors (Lipinski definition) is 0. The molecule has 0 heterocycles. The Balaban J connectivity index is 2.17. The van der Waals surface area contributed by atoms with Gasteiger partial charge in [-0.15, -0.1) is 0 Å². The van der Waals surface area contributed by atoms with Gasteiger partial charge < -0.3 is 18.0 Å². The number of carbonyl (C=O) groups excluding carboxylic acids is 1. The molecule has 2 aromatic carbocycles. The molecule has 0 spiro atoms. The van der Waals surface area contributed by atoms with Gasteiger partial charge in [0.1, 0.15) is 5.75 Å². The minimum Gasteiger partial charge on any atom is -0.423 e. The van der Waals surface area contributed by atoms with E-state index in [1.807, 2.05) is 39.0 Å². The van der Waals surface area contributed by atoms with Crippen molar-refractivity contribution in [3.63, 3.8) is 0 Å². The van der Waals surface area contributed by atoms with Crippen molar-refractivity contribution in [2.75, 3.05) is 19.8 Å². The van der Waals surface area contributed by atoms with E-state index in [1.165, 1.54) is 0 Å². The average molecular weight is 360 g/mol. The molecule has 0 aromatic heterocycles. The fraction of sp³-hybridized carbons (Fsp3) is 0.316. The van der Waals surface area contributed by atoms with Gasteiger partial charge in [-0.1, -0.05) is 30.3 Å². The molecule has 0 atom stereocenters. The van der Waals surface area contributed by atoms with Crippen molar-refractivity contribution in [1.29, 1.82) is 0 Å². The summed E-state index contributed by atoms with van der Waals surface area (Å²) < 4.78 is 23.0. The number of ether oxygens (including phenoxy) is 1. The second kappa shape index (κ2) is 9.48. The summed E-state index contributed by atoms with van der Waals surface area (Å²) in [6, 6.07) is 16.0. The Morgan fingerprint density at radius 3 is 1.80 bits per heavy atom. The molecule has 0 aliphatic rings. The number of rotatable bonds is 9. The number of benzene rings is 2. The highest BCUT2D eigenvalue weighted by Crippen LogP contribution is 2.16. The van der Waals surface area contributed by atoms with E-state index in [9.17, 15) is 4.79 Å². The molecule has 2 aromatic rings. The Kier molecular flexibility index (Phi) is 7.33. The minimum atomic E-state index is -2.94. The van der Waals surface area contributed by atoms with Crippen LogP contribution < -0.4 is 9.92 Å². The third-order valence-corrected chi connectivity index (χ3v) is 6.48. The lowest BCUT2D eigenvalue weighted by Gasteiger charge is -2.28. The number of carbonyl (C=O) groups is 1. The topological polar surface area (TPSA) is 54.0 Å². The maximum absolute atomic E-state index is 12.1. The Morgan fingerprint density at radius 1 is 0.800 bits per heavy atom. The van der Waals surface area contributed by atoms with Gasteiger partial charge in [-0.2, -0.15) is 0 Å². The van der Waals surface area contributed by atoms with Crippen molar-refractivity contribution < 1.29 is 22.8 Å². The van der Waals surface area contributed by atoms with Crippen molar-refractivity contribution in [1.82, 2.24) is 0 Å². The minimum absolute atomic E-state index is 0.392. The summed E-state index contributed by atoms with van der Waals surface area (Å²) in [5.41, 5.74) is 0.508. The first-order valence-corrected chi connectivity index (χ1v) is 10.2. The van der Waals surface area contributed by atoms with Crippen molar-refractivity contribution >= 4 is 20.0 Å². The highest BCUT2D eigenvalue weighted by Gasteiger charge is 2.43. The van der Waals surface area contributed by atoms with E-state index in [1.54, 1.807) is 36.4 Å². The van der Waals surface area contributed by atoms with Gasteiger partial charge in [0, 0.05) is 25.0 Å². The number of hydrogen-bond acceptors (Lipinski definition) is 5. The molecular weight excluding hydrogens is 336 g/mol. The maximum Gasteiger partial charge on any atom is 0.537 e. The maximum atomic E-state index is 12.1. The number of esters is 1. The standard InChI is InChI=1S/C19H24O5Si/c1-4-21-25(22-5-2,23-6-3)18-14-12-17(13-15-18)24-19(20)16-10-8-7-9-11-16/h7-15H,4-6H2,1-3H3. The van der Waals surface area contributed by atoms with Crippen LogP contribution in [0.3, 0.4) is 0 Å². The van der Waals surface area contributed by atoms with Crippen LogP contribution >= 0.6 is 0 Å². The highest BCUT2D eigenvalue weighted by atomic mass is 28.4. The van der Waals surface area contributed by atoms with Gasteiger partial charge in [0.05, 0.1) is 5.56 Å². The molecule has 0 fully saturated rings. The summed E-state index contributed by atoms with van der Waals surface area (Å²) >= 11 is 0. The quantitative estimate of drug-likeness (QED) is 0.391. The average Bonchev–Trinajstić information content (AvgIpc) is 2.63. The fourth-order valence-corrected chi connectivity index (χ4v) is 4.88. The Hall–Kier alpha value is -1.99. The van der Waals surface area contributed by atoms with Gasteiger partial charge in [0.2, 0.25) is 0 Å². The van der Waals surface area contributed by atoms with Crippen molar-refractivity contribution in [2.24, 2.45) is 0 Å². The molecule has 0 aliphatic carbocycles. The van der Waals surface area contributed by atoms with E-state index in [2.05, 4.69) is 0 Å². The van der Waals surface area contributed by atoms with E-state index in [0.29, 0.717) is 31.1 Å². The van der Waals surface area contributed by atoms with E-state index in [0.717, 1.165) is 5.19 Å². The first kappa shape index (κ1) is 19.3. The third-order valence-electron chi connectivity index (χ3n) is 3.43. The van der Waals surface area contributed by atoms with Crippen LogP contribution in [0.4, 0.5) is 0 Å². The Bertz CT molecular complexity index is 640. The highest BCUT2D eigenvalue weighted by molar-refractivity contribution is 6.75. The SMILES string of the molecule is CCO[Si](OCC)(OCC)c1ccc(OC(=O)c2ccccc2)cc1. The zero-order valence-electron chi connectivity index (χ0n) is 14.9. The summed E-state index contributed by atoms with van der Waals surface area (Å²) in [7, 11) is -2.94. The first-order chi connectivity index (χ1) is 12.1. The van der Waals surface area contributed by atoms with Gasteiger partial charge in [0.15, 0.2) is 0 Å². The Morgan fingerprint density at radius 2 is 1.32 bits per heavy atom. The van der Waals surface area contributed by atoms with Crippen LogP contribution in [0.2, 0.25) is 0 Å². The lowest BCUT2D eigenvalue weighted by molar-refractivity contribution is 0.0735. The summed E-state index contributed by atoms with van der Waals surface area (Å²) in [4.78, 5) is 12.1. The smallest absolute Gasteiger partial charge is 0.423 e. The van der Waals surface area contributed by atoms with Gasteiger partial charge in [0.25, 0.3) is 0 Å². The van der Waals surface area contributed by atoms with Crippen LogP contribution in [0.5, 0.6) is 5.75 Å². The van der Waals surface area contributed by atoms with E-state index >= 15 is 0 Å². The van der Waals surface area contributed by atoms with Gasteiger partial charge in [-0.05, 0) is 45.0 Å². The third kappa shape index (κ3) is 4.99. The molecule has 0 unspecified atom stereocenters. The van der Waals surface area contributed by atoms with Crippen molar-refractivity contribution in [3.05, 3.63) is 60.2 Å². The first-order valence-electron chi connectivity index (χ1n) is 8.44. The summed E-state index contributed by atoms with van der Waals surface area (Å²) in [5, 5.41) is 0.845. The summed E-state index contributed by atoms with van der Waals surface area (Å²) in [6.07, 6.45) is 0. The van der Waals surface area contributed by atoms with Crippen LogP contribution in [0, 0.1) is 0 Å². The molecule has 0 saturated heterocycles. The Labute approximate surface area is 149 Å². The largest absolute Gasteiger partial charge is 0.537 e. The van der Waals surface area contributed by atoms with Gasteiger partial charge >= 0.3 is 14.8 Å². The molecule has 0 aliphatic heterocycles.